The molecule has 0 aliphatic rings. The van der Waals surface area contributed by atoms with Crippen molar-refractivity contribution >= 4 is 23.4 Å². The van der Waals surface area contributed by atoms with Gasteiger partial charge in [-0.15, -0.1) is 10.2 Å². The van der Waals surface area contributed by atoms with Crippen LogP contribution in [-0.4, -0.2) is 10.2 Å². The Bertz CT molecular complexity index is 544. The van der Waals surface area contributed by atoms with Gasteiger partial charge in [0.1, 0.15) is 0 Å². The third-order valence-electron chi connectivity index (χ3n) is 2.68. The minimum atomic E-state index is -0.215. The van der Waals surface area contributed by atoms with Gasteiger partial charge in [0.2, 0.25) is 5.89 Å². The van der Waals surface area contributed by atoms with Crippen LogP contribution >= 0.6 is 23.4 Å². The fourth-order valence-electron chi connectivity index (χ4n) is 1.47. The first kappa shape index (κ1) is 14.4. The molecule has 2 aromatic rings. The molecule has 0 aliphatic carbocycles. The zero-order chi connectivity index (χ0) is 13.8. The summed E-state index contributed by atoms with van der Waals surface area (Å²) in [5, 5.41) is 9.23. The van der Waals surface area contributed by atoms with Gasteiger partial charge in [0.05, 0.1) is 6.04 Å². The first-order valence-corrected chi connectivity index (χ1v) is 7.39. The van der Waals surface area contributed by atoms with Gasteiger partial charge in [-0.2, -0.15) is 0 Å². The van der Waals surface area contributed by atoms with Gasteiger partial charge in [0.15, 0.2) is 0 Å². The number of hydrogen-bond donors (Lipinski definition) is 1. The molecular weight excluding hydrogens is 282 g/mol. The molecule has 2 N–H and O–H groups in total. The average molecular weight is 298 g/mol. The number of halogens is 1. The highest BCUT2D eigenvalue weighted by Gasteiger charge is 2.17. The monoisotopic (exact) mass is 297 g/mol. The van der Waals surface area contributed by atoms with Gasteiger partial charge in [-0.05, 0) is 23.6 Å². The molecule has 0 fully saturated rings. The van der Waals surface area contributed by atoms with E-state index in [1.54, 1.807) is 0 Å². The summed E-state index contributed by atoms with van der Waals surface area (Å²) in [4.78, 5) is 0. The minimum absolute atomic E-state index is 0.215. The highest BCUT2D eigenvalue weighted by Crippen LogP contribution is 2.25. The van der Waals surface area contributed by atoms with Gasteiger partial charge in [-0.1, -0.05) is 49.3 Å². The lowest BCUT2D eigenvalue weighted by Crippen LogP contribution is -2.16. The van der Waals surface area contributed by atoms with E-state index in [1.165, 1.54) is 11.8 Å². The summed E-state index contributed by atoms with van der Waals surface area (Å²) in [6.07, 6.45) is 0. The Hall–Kier alpha value is -1.04. The van der Waals surface area contributed by atoms with Crippen LogP contribution in [-0.2, 0) is 5.75 Å². The molecule has 0 bridgehead atoms. The predicted molar refractivity (Wildman–Crippen MR) is 77.1 cm³/mol. The summed E-state index contributed by atoms with van der Waals surface area (Å²) in [6.45, 7) is 4.04. The van der Waals surface area contributed by atoms with Crippen molar-refractivity contribution in [3.05, 3.63) is 40.7 Å². The lowest BCUT2D eigenvalue weighted by molar-refractivity contribution is 0.349. The molecule has 4 nitrogen and oxygen atoms in total. The van der Waals surface area contributed by atoms with Crippen molar-refractivity contribution in [2.45, 2.75) is 30.9 Å². The summed E-state index contributed by atoms with van der Waals surface area (Å²) in [5.74, 6) is 1.49. The highest BCUT2D eigenvalue weighted by atomic mass is 35.5. The van der Waals surface area contributed by atoms with Crippen LogP contribution in [0.1, 0.15) is 31.3 Å². The van der Waals surface area contributed by atoms with Gasteiger partial charge >= 0.3 is 0 Å². The Morgan fingerprint density at radius 2 is 2.16 bits per heavy atom. The fourth-order valence-corrected chi connectivity index (χ4v) is 2.40. The molecule has 0 saturated carbocycles. The normalized spacial score (nSPS) is 12.9. The minimum Gasteiger partial charge on any atom is -0.414 e. The number of aromatic nitrogens is 2. The molecule has 1 aromatic heterocycles. The van der Waals surface area contributed by atoms with Gasteiger partial charge in [0.25, 0.3) is 5.22 Å². The first-order chi connectivity index (χ1) is 9.06. The Labute approximate surface area is 121 Å². The highest BCUT2D eigenvalue weighted by molar-refractivity contribution is 7.98. The zero-order valence-corrected chi connectivity index (χ0v) is 12.4. The number of thioether (sulfide) groups is 1. The smallest absolute Gasteiger partial charge is 0.276 e. The second kappa shape index (κ2) is 6.41. The topological polar surface area (TPSA) is 64.9 Å². The molecule has 0 spiro atoms. The van der Waals surface area contributed by atoms with E-state index in [9.17, 15) is 0 Å². The molecule has 2 rings (SSSR count). The average Bonchev–Trinajstić information content (AvgIpc) is 2.84. The van der Waals surface area contributed by atoms with Crippen LogP contribution in [0.5, 0.6) is 0 Å². The van der Waals surface area contributed by atoms with E-state index >= 15 is 0 Å². The van der Waals surface area contributed by atoms with Gasteiger partial charge in [0, 0.05) is 10.8 Å². The van der Waals surface area contributed by atoms with E-state index in [-0.39, 0.29) is 12.0 Å². The summed E-state index contributed by atoms with van der Waals surface area (Å²) >= 11 is 7.41. The maximum absolute atomic E-state index is 5.96. The van der Waals surface area contributed by atoms with E-state index < -0.39 is 0 Å². The number of hydrogen-bond acceptors (Lipinski definition) is 5. The Kier molecular flexibility index (Phi) is 4.85. The molecule has 0 saturated heterocycles. The maximum atomic E-state index is 5.96. The SMILES string of the molecule is CC(C)[C@H](N)c1nnc(SCc2cccc(Cl)c2)o1. The second-order valence-corrected chi connectivity index (χ2v) is 5.96. The summed E-state index contributed by atoms with van der Waals surface area (Å²) in [7, 11) is 0. The second-order valence-electron chi connectivity index (χ2n) is 4.59. The molecule has 1 heterocycles. The fraction of sp³-hybridized carbons (Fsp3) is 0.385. The van der Waals surface area contributed by atoms with Crippen LogP contribution in [0, 0.1) is 5.92 Å². The van der Waals surface area contributed by atoms with E-state index in [0.29, 0.717) is 11.1 Å². The Morgan fingerprint density at radius 3 is 2.84 bits per heavy atom. The molecule has 0 unspecified atom stereocenters. The largest absolute Gasteiger partial charge is 0.414 e. The molecule has 19 heavy (non-hydrogen) atoms. The van der Waals surface area contributed by atoms with E-state index in [1.807, 2.05) is 38.1 Å². The number of nitrogens with zero attached hydrogens (tertiary/aromatic N) is 2. The van der Waals surface area contributed by atoms with Crippen LogP contribution in [0.15, 0.2) is 33.9 Å². The van der Waals surface area contributed by atoms with Gasteiger partial charge in [-0.3, -0.25) is 0 Å². The van der Waals surface area contributed by atoms with Crippen molar-refractivity contribution < 1.29 is 4.42 Å². The Balaban J connectivity index is 1.97. The molecular formula is C13H16ClN3OS. The predicted octanol–water partition coefficient (Wildman–Crippen LogP) is 3.67. The van der Waals surface area contributed by atoms with Crippen molar-refractivity contribution in [2.75, 3.05) is 0 Å². The van der Waals surface area contributed by atoms with Crippen molar-refractivity contribution in [1.82, 2.24) is 10.2 Å². The molecule has 102 valence electrons. The van der Waals surface area contributed by atoms with Crippen LogP contribution in [0.2, 0.25) is 5.02 Å². The third-order valence-corrected chi connectivity index (χ3v) is 3.80. The first-order valence-electron chi connectivity index (χ1n) is 6.02. The van der Waals surface area contributed by atoms with Crippen LogP contribution in [0.4, 0.5) is 0 Å². The molecule has 1 aromatic carbocycles. The zero-order valence-electron chi connectivity index (χ0n) is 10.8. The van der Waals surface area contributed by atoms with E-state index in [2.05, 4.69) is 10.2 Å². The van der Waals surface area contributed by atoms with E-state index in [0.717, 1.165) is 16.3 Å². The number of nitrogens with two attached hydrogens (primary N) is 1. The van der Waals surface area contributed by atoms with Crippen molar-refractivity contribution in [2.24, 2.45) is 11.7 Å². The molecule has 0 amide bonds. The molecule has 0 aliphatic heterocycles. The number of rotatable bonds is 5. The number of benzene rings is 1. The van der Waals surface area contributed by atoms with Crippen molar-refractivity contribution in [1.29, 1.82) is 0 Å². The van der Waals surface area contributed by atoms with Crippen LogP contribution in [0.25, 0.3) is 0 Å². The van der Waals surface area contributed by atoms with Crippen LogP contribution < -0.4 is 5.73 Å². The maximum Gasteiger partial charge on any atom is 0.276 e. The summed E-state index contributed by atoms with van der Waals surface area (Å²) in [5.41, 5.74) is 7.07. The Morgan fingerprint density at radius 1 is 1.37 bits per heavy atom. The quantitative estimate of drug-likeness (QED) is 0.853. The lowest BCUT2D eigenvalue weighted by Gasteiger charge is -2.09. The lowest BCUT2D eigenvalue weighted by atomic mass is 10.1. The van der Waals surface area contributed by atoms with Crippen molar-refractivity contribution in [3.8, 4) is 0 Å². The van der Waals surface area contributed by atoms with Gasteiger partial charge in [-0.25, -0.2) is 0 Å². The van der Waals surface area contributed by atoms with Crippen molar-refractivity contribution in [3.63, 3.8) is 0 Å². The standard InChI is InChI=1S/C13H16ClN3OS/c1-8(2)11(15)12-16-17-13(18-12)19-7-9-4-3-5-10(14)6-9/h3-6,8,11H,7,15H2,1-2H3/t11-/m0/s1. The van der Waals surface area contributed by atoms with E-state index in [4.69, 9.17) is 21.8 Å². The molecule has 1 atom stereocenters. The summed E-state index contributed by atoms with van der Waals surface area (Å²) in [6, 6.07) is 7.49. The molecule has 6 heteroatoms. The van der Waals surface area contributed by atoms with Gasteiger partial charge < -0.3 is 10.2 Å². The van der Waals surface area contributed by atoms with Crippen LogP contribution in [0.3, 0.4) is 0 Å². The third kappa shape index (κ3) is 3.96. The summed E-state index contributed by atoms with van der Waals surface area (Å²) < 4.78 is 5.54. The molecule has 0 radical (unpaired) electrons.